The standard InChI is InChI=1S/C12H13BrN2O3/c1-17-11-5-8(6-14)3-4-10(11)15-7-9(13)12(16)18-2/h3-5,9,15H,7H2,1-2H3. The molecule has 0 aliphatic carbocycles. The highest BCUT2D eigenvalue weighted by Gasteiger charge is 2.15. The maximum Gasteiger partial charge on any atom is 0.321 e. The summed E-state index contributed by atoms with van der Waals surface area (Å²) >= 11 is 3.21. The maximum atomic E-state index is 11.2. The van der Waals surface area contributed by atoms with Gasteiger partial charge in [-0.25, -0.2) is 0 Å². The fraction of sp³-hybridized carbons (Fsp3) is 0.333. The summed E-state index contributed by atoms with van der Waals surface area (Å²) in [4.78, 5) is 10.8. The minimum absolute atomic E-state index is 0.352. The lowest BCUT2D eigenvalue weighted by molar-refractivity contribution is -0.139. The summed E-state index contributed by atoms with van der Waals surface area (Å²) in [6.45, 7) is 0.356. The molecule has 0 saturated heterocycles. The SMILES string of the molecule is COC(=O)C(Br)CNc1ccc(C#N)cc1OC. The third-order valence-electron chi connectivity index (χ3n) is 2.26. The highest BCUT2D eigenvalue weighted by Crippen LogP contribution is 2.25. The predicted molar refractivity (Wildman–Crippen MR) is 70.9 cm³/mol. The van der Waals surface area contributed by atoms with Gasteiger partial charge in [-0.05, 0) is 12.1 Å². The first-order valence-corrected chi connectivity index (χ1v) is 6.07. The fourth-order valence-electron chi connectivity index (χ4n) is 1.32. The third-order valence-corrected chi connectivity index (χ3v) is 2.96. The normalized spacial score (nSPS) is 11.2. The van der Waals surface area contributed by atoms with Crippen LogP contribution in [-0.2, 0) is 9.53 Å². The average molecular weight is 313 g/mol. The van der Waals surface area contributed by atoms with Crippen molar-refractivity contribution in [3.05, 3.63) is 23.8 Å². The smallest absolute Gasteiger partial charge is 0.321 e. The van der Waals surface area contributed by atoms with Crippen molar-refractivity contribution in [2.75, 3.05) is 26.1 Å². The monoisotopic (exact) mass is 312 g/mol. The molecule has 5 nitrogen and oxygen atoms in total. The molecule has 18 heavy (non-hydrogen) atoms. The number of anilines is 1. The first-order chi connectivity index (χ1) is 8.62. The van der Waals surface area contributed by atoms with Crippen LogP contribution in [0.3, 0.4) is 0 Å². The molecule has 0 radical (unpaired) electrons. The first kappa shape index (κ1) is 14.3. The van der Waals surface area contributed by atoms with E-state index in [-0.39, 0.29) is 5.97 Å². The molecule has 0 heterocycles. The molecule has 1 unspecified atom stereocenters. The van der Waals surface area contributed by atoms with E-state index in [1.54, 1.807) is 18.2 Å². The number of nitriles is 1. The number of nitrogens with one attached hydrogen (secondary N) is 1. The fourth-order valence-corrected chi connectivity index (χ4v) is 1.67. The summed E-state index contributed by atoms with van der Waals surface area (Å²) in [6, 6.07) is 7.06. The molecule has 1 aromatic rings. The van der Waals surface area contributed by atoms with E-state index in [0.29, 0.717) is 23.5 Å². The van der Waals surface area contributed by atoms with Gasteiger partial charge in [0.05, 0.1) is 31.5 Å². The molecule has 0 aliphatic rings. The van der Waals surface area contributed by atoms with Crippen LogP contribution >= 0.6 is 15.9 Å². The van der Waals surface area contributed by atoms with Gasteiger partial charge in [-0.2, -0.15) is 5.26 Å². The van der Waals surface area contributed by atoms with Gasteiger partial charge < -0.3 is 14.8 Å². The van der Waals surface area contributed by atoms with Crippen LogP contribution in [0.2, 0.25) is 0 Å². The minimum atomic E-state index is -0.442. The Morgan fingerprint density at radius 2 is 2.28 bits per heavy atom. The Hall–Kier alpha value is -1.74. The van der Waals surface area contributed by atoms with Crippen LogP contribution in [0.4, 0.5) is 5.69 Å². The second kappa shape index (κ2) is 6.87. The second-order valence-electron chi connectivity index (χ2n) is 3.40. The molecule has 1 atom stereocenters. The van der Waals surface area contributed by atoms with Crippen molar-refractivity contribution in [1.82, 2.24) is 0 Å². The van der Waals surface area contributed by atoms with Gasteiger partial charge in [-0.15, -0.1) is 0 Å². The summed E-state index contributed by atoms with van der Waals surface area (Å²) in [5, 5.41) is 11.8. The Morgan fingerprint density at radius 3 is 2.83 bits per heavy atom. The number of hydrogen-bond acceptors (Lipinski definition) is 5. The van der Waals surface area contributed by atoms with E-state index in [1.807, 2.05) is 6.07 Å². The molecular formula is C12H13BrN2O3. The van der Waals surface area contributed by atoms with Crippen molar-refractivity contribution in [3.63, 3.8) is 0 Å². The van der Waals surface area contributed by atoms with Crippen LogP contribution in [0.5, 0.6) is 5.75 Å². The van der Waals surface area contributed by atoms with Crippen molar-refractivity contribution in [2.45, 2.75) is 4.83 Å². The number of esters is 1. The third kappa shape index (κ3) is 3.64. The van der Waals surface area contributed by atoms with E-state index in [1.165, 1.54) is 14.2 Å². The van der Waals surface area contributed by atoms with Crippen LogP contribution in [0.1, 0.15) is 5.56 Å². The first-order valence-electron chi connectivity index (χ1n) is 5.16. The van der Waals surface area contributed by atoms with Crippen molar-refractivity contribution in [2.24, 2.45) is 0 Å². The lowest BCUT2D eigenvalue weighted by Crippen LogP contribution is -2.24. The van der Waals surface area contributed by atoms with Gasteiger partial charge >= 0.3 is 5.97 Å². The van der Waals surface area contributed by atoms with Crippen molar-refractivity contribution < 1.29 is 14.3 Å². The number of nitrogens with zero attached hydrogens (tertiary/aromatic N) is 1. The number of alkyl halides is 1. The van der Waals surface area contributed by atoms with Gasteiger partial charge in [0.2, 0.25) is 0 Å². The molecule has 1 aromatic carbocycles. The van der Waals surface area contributed by atoms with Gasteiger partial charge in [0.15, 0.2) is 0 Å². The number of carbonyl (C=O) groups excluding carboxylic acids is 1. The number of rotatable bonds is 5. The lowest BCUT2D eigenvalue weighted by Gasteiger charge is -2.13. The van der Waals surface area contributed by atoms with Gasteiger partial charge in [-0.1, -0.05) is 15.9 Å². The molecule has 6 heteroatoms. The number of hydrogen-bond donors (Lipinski definition) is 1. The highest BCUT2D eigenvalue weighted by molar-refractivity contribution is 9.10. The summed E-state index contributed by atoms with van der Waals surface area (Å²) < 4.78 is 9.76. The zero-order chi connectivity index (χ0) is 13.5. The molecule has 0 spiro atoms. The average Bonchev–Trinajstić information content (AvgIpc) is 2.43. The van der Waals surface area contributed by atoms with Crippen LogP contribution in [0.25, 0.3) is 0 Å². The quantitative estimate of drug-likeness (QED) is 0.664. The van der Waals surface area contributed by atoms with Crippen LogP contribution in [-0.4, -0.2) is 31.6 Å². The molecule has 0 aliphatic heterocycles. The minimum Gasteiger partial charge on any atom is -0.495 e. The predicted octanol–water partition coefficient (Wildman–Crippen LogP) is 1.92. The Kier molecular flexibility index (Phi) is 5.46. The van der Waals surface area contributed by atoms with Crippen LogP contribution < -0.4 is 10.1 Å². The molecule has 0 fully saturated rings. The lowest BCUT2D eigenvalue weighted by atomic mass is 10.2. The number of halogens is 1. The van der Waals surface area contributed by atoms with E-state index in [9.17, 15) is 4.79 Å². The largest absolute Gasteiger partial charge is 0.495 e. The van der Waals surface area contributed by atoms with Crippen molar-refractivity contribution >= 4 is 27.6 Å². The van der Waals surface area contributed by atoms with E-state index < -0.39 is 4.83 Å². The molecule has 96 valence electrons. The maximum absolute atomic E-state index is 11.2. The molecule has 1 rings (SSSR count). The second-order valence-corrected chi connectivity index (χ2v) is 4.50. The Labute approximate surface area is 114 Å². The number of ether oxygens (including phenoxy) is 2. The molecule has 0 saturated carbocycles. The summed E-state index contributed by atoms with van der Waals surface area (Å²) in [5.74, 6) is 0.203. The van der Waals surface area contributed by atoms with Gasteiger partial charge in [-0.3, -0.25) is 4.79 Å². The molecule has 0 aromatic heterocycles. The van der Waals surface area contributed by atoms with E-state index in [2.05, 4.69) is 26.0 Å². The van der Waals surface area contributed by atoms with E-state index in [0.717, 1.165) is 0 Å². The molecule has 0 amide bonds. The Morgan fingerprint density at radius 1 is 1.56 bits per heavy atom. The summed E-state index contributed by atoms with van der Waals surface area (Å²) in [6.07, 6.45) is 0. The number of methoxy groups -OCH3 is 2. The zero-order valence-electron chi connectivity index (χ0n) is 10.1. The Bertz CT molecular complexity index is 471. The zero-order valence-corrected chi connectivity index (χ0v) is 11.7. The van der Waals surface area contributed by atoms with Crippen LogP contribution in [0.15, 0.2) is 18.2 Å². The van der Waals surface area contributed by atoms with Crippen LogP contribution in [0, 0.1) is 11.3 Å². The number of carbonyl (C=O) groups is 1. The topological polar surface area (TPSA) is 71.3 Å². The van der Waals surface area contributed by atoms with Gasteiger partial charge in [0.25, 0.3) is 0 Å². The van der Waals surface area contributed by atoms with Crippen molar-refractivity contribution in [3.8, 4) is 11.8 Å². The molecular weight excluding hydrogens is 300 g/mol. The van der Waals surface area contributed by atoms with Gasteiger partial charge in [0, 0.05) is 12.6 Å². The van der Waals surface area contributed by atoms with E-state index >= 15 is 0 Å². The highest BCUT2D eigenvalue weighted by atomic mass is 79.9. The molecule has 0 bridgehead atoms. The molecule has 1 N–H and O–H groups in total. The van der Waals surface area contributed by atoms with Crippen molar-refractivity contribution in [1.29, 1.82) is 5.26 Å². The summed E-state index contributed by atoms with van der Waals surface area (Å²) in [7, 11) is 2.85. The summed E-state index contributed by atoms with van der Waals surface area (Å²) in [5.41, 5.74) is 1.23. The van der Waals surface area contributed by atoms with Gasteiger partial charge in [0.1, 0.15) is 10.6 Å². The Balaban J connectivity index is 2.73. The number of benzene rings is 1. The van der Waals surface area contributed by atoms with E-state index in [4.69, 9.17) is 10.00 Å².